The van der Waals surface area contributed by atoms with Crippen molar-refractivity contribution in [2.24, 2.45) is 11.8 Å². The molecule has 0 aromatic heterocycles. The molecular formula is C11H21NO2. The SMILES string of the molecule is CCC(CO)C(=O)C1CCCN(C)C1. The third kappa shape index (κ3) is 2.79. The number of aliphatic hydroxyl groups excluding tert-OH is 1. The molecule has 0 saturated carbocycles. The summed E-state index contributed by atoms with van der Waals surface area (Å²) in [7, 11) is 2.05. The number of hydrogen-bond acceptors (Lipinski definition) is 3. The number of nitrogens with zero attached hydrogens (tertiary/aromatic N) is 1. The first-order valence-electron chi connectivity index (χ1n) is 5.52. The molecule has 1 rings (SSSR count). The van der Waals surface area contributed by atoms with E-state index in [1.54, 1.807) is 0 Å². The van der Waals surface area contributed by atoms with Crippen LogP contribution in [0, 0.1) is 11.8 Å². The van der Waals surface area contributed by atoms with Crippen LogP contribution in [0.2, 0.25) is 0 Å². The second-order valence-corrected chi connectivity index (χ2v) is 4.29. The largest absolute Gasteiger partial charge is 0.396 e. The number of rotatable bonds is 4. The first-order valence-corrected chi connectivity index (χ1v) is 5.52. The molecule has 1 fully saturated rings. The van der Waals surface area contributed by atoms with Crippen molar-refractivity contribution >= 4 is 5.78 Å². The summed E-state index contributed by atoms with van der Waals surface area (Å²) in [6, 6.07) is 0. The fraction of sp³-hybridized carbons (Fsp3) is 0.909. The summed E-state index contributed by atoms with van der Waals surface area (Å²) < 4.78 is 0. The number of hydrogen-bond donors (Lipinski definition) is 1. The minimum absolute atomic E-state index is 0.00947. The number of likely N-dealkylation sites (tertiary alicyclic amines) is 1. The maximum Gasteiger partial charge on any atom is 0.142 e. The Kier molecular flexibility index (Phi) is 4.55. The fourth-order valence-electron chi connectivity index (χ4n) is 2.15. The van der Waals surface area contributed by atoms with Gasteiger partial charge in [0, 0.05) is 18.4 Å². The van der Waals surface area contributed by atoms with Crippen molar-refractivity contribution in [2.75, 3.05) is 26.7 Å². The van der Waals surface area contributed by atoms with Gasteiger partial charge >= 0.3 is 0 Å². The van der Waals surface area contributed by atoms with Crippen LogP contribution >= 0.6 is 0 Å². The van der Waals surface area contributed by atoms with Crippen LogP contribution in [0.5, 0.6) is 0 Å². The maximum atomic E-state index is 11.9. The number of carbonyl (C=O) groups excluding carboxylic acids is 1. The molecular weight excluding hydrogens is 178 g/mol. The Balaban J connectivity index is 2.50. The Labute approximate surface area is 86.1 Å². The second-order valence-electron chi connectivity index (χ2n) is 4.29. The minimum Gasteiger partial charge on any atom is -0.396 e. The molecule has 2 unspecified atom stereocenters. The van der Waals surface area contributed by atoms with Crippen molar-refractivity contribution in [1.82, 2.24) is 4.90 Å². The van der Waals surface area contributed by atoms with Crippen LogP contribution in [0.3, 0.4) is 0 Å². The Hall–Kier alpha value is -0.410. The quantitative estimate of drug-likeness (QED) is 0.732. The molecule has 1 aliphatic rings. The summed E-state index contributed by atoms with van der Waals surface area (Å²) in [5.41, 5.74) is 0. The van der Waals surface area contributed by atoms with Gasteiger partial charge < -0.3 is 10.0 Å². The van der Waals surface area contributed by atoms with Gasteiger partial charge in [0.2, 0.25) is 0 Å². The zero-order chi connectivity index (χ0) is 10.6. The van der Waals surface area contributed by atoms with Crippen LogP contribution in [0.4, 0.5) is 0 Å². The first-order chi connectivity index (χ1) is 6.69. The zero-order valence-electron chi connectivity index (χ0n) is 9.20. The number of Topliss-reactive ketones (excluding diaryl/α,β-unsaturated/α-hetero) is 1. The maximum absolute atomic E-state index is 11.9. The molecule has 2 atom stereocenters. The molecule has 0 spiro atoms. The van der Waals surface area contributed by atoms with E-state index in [1.165, 1.54) is 0 Å². The normalized spacial score (nSPS) is 26.1. The van der Waals surface area contributed by atoms with E-state index in [0.29, 0.717) is 0 Å². The molecule has 3 nitrogen and oxygen atoms in total. The molecule has 0 bridgehead atoms. The molecule has 1 N–H and O–H groups in total. The van der Waals surface area contributed by atoms with Crippen LogP contribution in [-0.2, 0) is 4.79 Å². The molecule has 0 aliphatic carbocycles. The standard InChI is InChI=1S/C11H21NO2/c1-3-9(8-13)11(14)10-5-4-6-12(2)7-10/h9-10,13H,3-8H2,1-2H3. The van der Waals surface area contributed by atoms with Crippen molar-refractivity contribution in [2.45, 2.75) is 26.2 Å². The highest BCUT2D eigenvalue weighted by Gasteiger charge is 2.28. The lowest BCUT2D eigenvalue weighted by molar-refractivity contribution is -0.129. The first kappa shape index (κ1) is 11.7. The molecule has 1 saturated heterocycles. The molecule has 1 heterocycles. The van der Waals surface area contributed by atoms with E-state index in [2.05, 4.69) is 11.9 Å². The highest BCUT2D eigenvalue weighted by atomic mass is 16.3. The highest BCUT2D eigenvalue weighted by molar-refractivity contribution is 5.83. The molecule has 0 aromatic carbocycles. The average Bonchev–Trinajstić information content (AvgIpc) is 2.19. The Bertz CT molecular complexity index is 190. The summed E-state index contributed by atoms with van der Waals surface area (Å²) in [4.78, 5) is 14.1. The van der Waals surface area contributed by atoms with E-state index in [9.17, 15) is 4.79 Å². The molecule has 0 radical (unpaired) electrons. The van der Waals surface area contributed by atoms with Gasteiger partial charge in [-0.1, -0.05) is 6.92 Å². The lowest BCUT2D eigenvalue weighted by Crippen LogP contribution is -2.39. The van der Waals surface area contributed by atoms with Crippen molar-refractivity contribution in [3.8, 4) is 0 Å². The number of carbonyl (C=O) groups is 1. The van der Waals surface area contributed by atoms with E-state index >= 15 is 0 Å². The summed E-state index contributed by atoms with van der Waals surface area (Å²) in [5, 5.41) is 9.06. The predicted molar refractivity (Wildman–Crippen MR) is 56.1 cm³/mol. The topological polar surface area (TPSA) is 40.5 Å². The van der Waals surface area contributed by atoms with Gasteiger partial charge in [-0.3, -0.25) is 4.79 Å². The third-order valence-corrected chi connectivity index (χ3v) is 3.14. The summed E-state index contributed by atoms with van der Waals surface area (Å²) in [6.45, 7) is 3.94. The third-order valence-electron chi connectivity index (χ3n) is 3.14. The Morgan fingerprint density at radius 2 is 2.36 bits per heavy atom. The molecule has 14 heavy (non-hydrogen) atoms. The Morgan fingerprint density at radius 1 is 1.64 bits per heavy atom. The minimum atomic E-state index is -0.133. The lowest BCUT2D eigenvalue weighted by Gasteiger charge is -2.30. The van der Waals surface area contributed by atoms with E-state index < -0.39 is 0 Å². The fourth-order valence-corrected chi connectivity index (χ4v) is 2.15. The van der Waals surface area contributed by atoms with Crippen LogP contribution in [0.15, 0.2) is 0 Å². The van der Waals surface area contributed by atoms with Gasteiger partial charge in [0.05, 0.1) is 6.61 Å². The van der Waals surface area contributed by atoms with Crippen LogP contribution in [-0.4, -0.2) is 42.5 Å². The van der Waals surface area contributed by atoms with Crippen molar-refractivity contribution in [3.63, 3.8) is 0 Å². The number of ketones is 1. The highest BCUT2D eigenvalue weighted by Crippen LogP contribution is 2.20. The number of piperidine rings is 1. The van der Waals surface area contributed by atoms with Crippen LogP contribution in [0.25, 0.3) is 0 Å². The summed E-state index contributed by atoms with van der Waals surface area (Å²) >= 11 is 0. The van der Waals surface area contributed by atoms with E-state index in [-0.39, 0.29) is 24.2 Å². The van der Waals surface area contributed by atoms with Crippen LogP contribution < -0.4 is 0 Å². The molecule has 1 aliphatic heterocycles. The van der Waals surface area contributed by atoms with Gasteiger partial charge in [0.25, 0.3) is 0 Å². The predicted octanol–water partition coefficient (Wildman–Crippen LogP) is 0.916. The van der Waals surface area contributed by atoms with Crippen molar-refractivity contribution in [3.05, 3.63) is 0 Å². The van der Waals surface area contributed by atoms with E-state index in [0.717, 1.165) is 32.4 Å². The van der Waals surface area contributed by atoms with Gasteiger partial charge in [0.1, 0.15) is 5.78 Å². The molecule has 0 aromatic rings. The average molecular weight is 199 g/mol. The van der Waals surface area contributed by atoms with Crippen LogP contribution in [0.1, 0.15) is 26.2 Å². The molecule has 3 heteroatoms. The van der Waals surface area contributed by atoms with Gasteiger partial charge in [0.15, 0.2) is 0 Å². The zero-order valence-corrected chi connectivity index (χ0v) is 9.20. The smallest absolute Gasteiger partial charge is 0.142 e. The molecule has 82 valence electrons. The van der Waals surface area contributed by atoms with Gasteiger partial charge in [-0.15, -0.1) is 0 Å². The van der Waals surface area contributed by atoms with E-state index in [4.69, 9.17) is 5.11 Å². The second kappa shape index (κ2) is 5.47. The van der Waals surface area contributed by atoms with Crippen molar-refractivity contribution < 1.29 is 9.90 Å². The Morgan fingerprint density at radius 3 is 2.86 bits per heavy atom. The molecule has 0 amide bonds. The number of aliphatic hydroxyl groups is 1. The van der Waals surface area contributed by atoms with Gasteiger partial charge in [-0.05, 0) is 32.9 Å². The summed E-state index contributed by atoms with van der Waals surface area (Å²) in [5.74, 6) is 0.291. The van der Waals surface area contributed by atoms with Crippen molar-refractivity contribution in [1.29, 1.82) is 0 Å². The van der Waals surface area contributed by atoms with Gasteiger partial charge in [-0.2, -0.15) is 0 Å². The lowest BCUT2D eigenvalue weighted by atomic mass is 9.86. The van der Waals surface area contributed by atoms with Gasteiger partial charge in [-0.25, -0.2) is 0 Å². The summed E-state index contributed by atoms with van der Waals surface area (Å²) in [6.07, 6.45) is 2.87. The van der Waals surface area contributed by atoms with E-state index in [1.807, 2.05) is 6.92 Å². The monoisotopic (exact) mass is 199 g/mol.